The summed E-state index contributed by atoms with van der Waals surface area (Å²) in [6, 6.07) is 9.13. The lowest BCUT2D eigenvalue weighted by Gasteiger charge is -1.97. The molecule has 0 unspecified atom stereocenters. The summed E-state index contributed by atoms with van der Waals surface area (Å²) in [6.45, 7) is 0. The summed E-state index contributed by atoms with van der Waals surface area (Å²) in [5.74, 6) is 0.830. The molecule has 0 aliphatic heterocycles. The molecule has 0 spiro atoms. The van der Waals surface area contributed by atoms with Crippen LogP contribution in [-0.4, -0.2) is 20.1 Å². The molecule has 0 amide bonds. The molecule has 1 aromatic carbocycles. The highest BCUT2D eigenvalue weighted by molar-refractivity contribution is 6.30. The molecule has 0 fully saturated rings. The van der Waals surface area contributed by atoms with E-state index in [0.29, 0.717) is 16.7 Å². The minimum absolute atomic E-state index is 0.180. The first kappa shape index (κ1) is 13.0. The Bertz CT molecular complexity index is 791. The van der Waals surface area contributed by atoms with Gasteiger partial charge in [-0.05, 0) is 24.3 Å². The van der Waals surface area contributed by atoms with Crippen molar-refractivity contribution in [2.75, 3.05) is 5.32 Å². The van der Waals surface area contributed by atoms with Crippen molar-refractivity contribution in [1.82, 2.24) is 20.1 Å². The van der Waals surface area contributed by atoms with Crippen LogP contribution < -0.4 is 5.32 Å². The molecule has 0 aliphatic rings. The van der Waals surface area contributed by atoms with Crippen LogP contribution in [0.2, 0.25) is 5.02 Å². The van der Waals surface area contributed by atoms with E-state index in [1.165, 1.54) is 12.4 Å². The van der Waals surface area contributed by atoms with Crippen molar-refractivity contribution in [2.24, 2.45) is 0 Å². The van der Waals surface area contributed by atoms with Gasteiger partial charge in [0, 0.05) is 10.6 Å². The molecule has 0 bridgehead atoms. The molecule has 8 heteroatoms. The van der Waals surface area contributed by atoms with Gasteiger partial charge in [-0.1, -0.05) is 16.8 Å². The van der Waals surface area contributed by atoms with Crippen molar-refractivity contribution in [3.05, 3.63) is 47.4 Å². The van der Waals surface area contributed by atoms with E-state index < -0.39 is 0 Å². The smallest absolute Gasteiger partial charge is 0.315 e. The van der Waals surface area contributed by atoms with Gasteiger partial charge in [-0.3, -0.25) is 5.32 Å². The maximum absolute atomic E-state index is 8.64. The fraction of sp³-hybridized carbons (Fsp3) is 0. The van der Waals surface area contributed by atoms with E-state index in [4.69, 9.17) is 21.4 Å². The van der Waals surface area contributed by atoms with Crippen LogP contribution in [0.25, 0.3) is 11.4 Å². The fourth-order valence-electron chi connectivity index (χ4n) is 1.55. The fourth-order valence-corrected chi connectivity index (χ4v) is 1.68. The summed E-state index contributed by atoms with van der Waals surface area (Å²) < 4.78 is 5.07. The van der Waals surface area contributed by atoms with Crippen LogP contribution in [0, 0.1) is 11.3 Å². The summed E-state index contributed by atoms with van der Waals surface area (Å²) in [4.78, 5) is 12.1. The van der Waals surface area contributed by atoms with Gasteiger partial charge in [0.15, 0.2) is 11.5 Å². The molecule has 0 atom stereocenters. The van der Waals surface area contributed by atoms with E-state index in [2.05, 4.69) is 25.4 Å². The monoisotopic (exact) mass is 298 g/mol. The Hall–Kier alpha value is -2.98. The van der Waals surface area contributed by atoms with E-state index in [1.54, 1.807) is 24.3 Å². The van der Waals surface area contributed by atoms with Crippen molar-refractivity contribution in [3.63, 3.8) is 0 Å². The second-order valence-electron chi connectivity index (χ2n) is 3.95. The number of hydrogen-bond donors (Lipinski definition) is 1. The number of anilines is 2. The third kappa shape index (κ3) is 2.96. The predicted octanol–water partition coefficient (Wildman–Crippen LogP) is 2.80. The Morgan fingerprint density at radius 1 is 1.14 bits per heavy atom. The highest BCUT2D eigenvalue weighted by Gasteiger charge is 2.09. The Morgan fingerprint density at radius 3 is 2.62 bits per heavy atom. The van der Waals surface area contributed by atoms with Gasteiger partial charge < -0.3 is 4.52 Å². The molecule has 1 N–H and O–H groups in total. The van der Waals surface area contributed by atoms with Gasteiger partial charge in [0.25, 0.3) is 0 Å². The van der Waals surface area contributed by atoms with E-state index in [9.17, 15) is 0 Å². The minimum atomic E-state index is 0.180. The van der Waals surface area contributed by atoms with Crippen molar-refractivity contribution in [3.8, 4) is 17.5 Å². The average molecular weight is 299 g/mol. The highest BCUT2D eigenvalue weighted by atomic mass is 35.5. The van der Waals surface area contributed by atoms with Gasteiger partial charge in [-0.25, -0.2) is 9.97 Å². The second kappa shape index (κ2) is 5.56. The number of nitriles is 1. The number of nitrogens with zero attached hydrogens (tertiary/aromatic N) is 5. The molecule has 3 aromatic rings. The average Bonchev–Trinajstić information content (AvgIpc) is 2.97. The topological polar surface area (TPSA) is 101 Å². The highest BCUT2D eigenvalue weighted by Crippen LogP contribution is 2.21. The van der Waals surface area contributed by atoms with Gasteiger partial charge in [0.2, 0.25) is 5.82 Å². The van der Waals surface area contributed by atoms with Crippen molar-refractivity contribution in [1.29, 1.82) is 5.26 Å². The van der Waals surface area contributed by atoms with Crippen LogP contribution in [0.4, 0.5) is 11.8 Å². The number of benzene rings is 1. The normalized spacial score (nSPS) is 10.1. The maximum atomic E-state index is 8.64. The molecule has 0 saturated heterocycles. The lowest BCUT2D eigenvalue weighted by molar-refractivity contribution is 0.435. The molecule has 3 rings (SSSR count). The Balaban J connectivity index is 1.78. The summed E-state index contributed by atoms with van der Waals surface area (Å²) in [5, 5.41) is 15.9. The second-order valence-corrected chi connectivity index (χ2v) is 4.39. The molecule has 0 aliphatic carbocycles. The summed E-state index contributed by atoms with van der Waals surface area (Å²) in [7, 11) is 0. The third-order valence-corrected chi connectivity index (χ3v) is 2.78. The molecule has 102 valence electrons. The van der Waals surface area contributed by atoms with Crippen LogP contribution in [-0.2, 0) is 0 Å². The quantitative estimate of drug-likeness (QED) is 0.793. The van der Waals surface area contributed by atoms with Gasteiger partial charge in [0.1, 0.15) is 6.07 Å². The molecular formula is C13H7ClN6O. The number of halogens is 1. The van der Waals surface area contributed by atoms with Gasteiger partial charge in [-0.2, -0.15) is 10.2 Å². The molecule has 21 heavy (non-hydrogen) atoms. The van der Waals surface area contributed by atoms with Crippen LogP contribution >= 0.6 is 11.6 Å². The number of nitrogens with one attached hydrogen (secondary N) is 1. The molecule has 0 radical (unpaired) electrons. The zero-order valence-corrected chi connectivity index (χ0v) is 11.2. The van der Waals surface area contributed by atoms with Crippen LogP contribution in [0.5, 0.6) is 0 Å². The largest absolute Gasteiger partial charge is 0.327 e. The summed E-state index contributed by atoms with van der Waals surface area (Å²) in [5.41, 5.74) is 1.01. The Morgan fingerprint density at radius 2 is 1.95 bits per heavy atom. The first-order chi connectivity index (χ1) is 10.2. The Kier molecular flexibility index (Phi) is 3.45. The first-order valence-corrected chi connectivity index (χ1v) is 6.21. The van der Waals surface area contributed by atoms with Crippen molar-refractivity contribution >= 4 is 23.4 Å². The number of hydrogen-bond acceptors (Lipinski definition) is 7. The first-order valence-electron chi connectivity index (χ1n) is 5.83. The van der Waals surface area contributed by atoms with E-state index in [0.717, 1.165) is 5.56 Å². The molecule has 7 nitrogen and oxygen atoms in total. The standard InChI is InChI=1S/C13H7ClN6O/c14-9-3-1-8(2-4-9)12-19-13(21-20-12)18-11-7-16-10(5-15)6-17-11/h1-4,6-7H,(H,17,18,19,20). The predicted molar refractivity (Wildman–Crippen MR) is 74.8 cm³/mol. The van der Waals surface area contributed by atoms with E-state index in [-0.39, 0.29) is 11.7 Å². The lowest BCUT2D eigenvalue weighted by Crippen LogP contribution is -1.95. The Labute approximate surface area is 124 Å². The lowest BCUT2D eigenvalue weighted by atomic mass is 10.2. The van der Waals surface area contributed by atoms with Crippen LogP contribution in [0.3, 0.4) is 0 Å². The van der Waals surface area contributed by atoms with Crippen molar-refractivity contribution < 1.29 is 4.52 Å². The molecular weight excluding hydrogens is 292 g/mol. The van der Waals surface area contributed by atoms with Crippen LogP contribution in [0.15, 0.2) is 41.2 Å². The zero-order valence-electron chi connectivity index (χ0n) is 10.5. The maximum Gasteiger partial charge on any atom is 0.327 e. The zero-order chi connectivity index (χ0) is 14.7. The number of aromatic nitrogens is 4. The van der Waals surface area contributed by atoms with Crippen LogP contribution in [0.1, 0.15) is 5.69 Å². The molecule has 2 aromatic heterocycles. The summed E-state index contributed by atoms with van der Waals surface area (Å²) >= 11 is 5.82. The summed E-state index contributed by atoms with van der Waals surface area (Å²) in [6.07, 6.45) is 2.75. The third-order valence-electron chi connectivity index (χ3n) is 2.53. The SMILES string of the molecule is N#Cc1cnc(Nc2nc(-c3ccc(Cl)cc3)no2)cn1. The van der Waals surface area contributed by atoms with Gasteiger partial charge >= 0.3 is 6.01 Å². The van der Waals surface area contributed by atoms with Gasteiger partial charge in [0.05, 0.1) is 12.4 Å². The van der Waals surface area contributed by atoms with E-state index >= 15 is 0 Å². The minimum Gasteiger partial charge on any atom is -0.315 e. The number of rotatable bonds is 3. The molecule has 0 saturated carbocycles. The molecule has 2 heterocycles. The van der Waals surface area contributed by atoms with Crippen molar-refractivity contribution in [2.45, 2.75) is 0 Å². The van der Waals surface area contributed by atoms with Gasteiger partial charge in [-0.15, -0.1) is 0 Å². The van der Waals surface area contributed by atoms with E-state index in [1.807, 2.05) is 6.07 Å².